The Hall–Kier alpha value is -2.31. The van der Waals surface area contributed by atoms with Gasteiger partial charge < -0.3 is 15.2 Å². The zero-order valence-corrected chi connectivity index (χ0v) is 13.9. The minimum atomic E-state index is -0.0913. The molecular weight excluding hydrogens is 292 g/mol. The molecule has 0 bridgehead atoms. The van der Waals surface area contributed by atoms with E-state index in [9.17, 15) is 4.79 Å². The SMILES string of the molecule is CC[C@@H](NC(=O)N(Cc1cnn(C)c1)C1CC1)c1ncc(C)[nH]1. The first-order chi connectivity index (χ1) is 11.1. The van der Waals surface area contributed by atoms with E-state index in [4.69, 9.17) is 0 Å². The Morgan fingerprint density at radius 2 is 2.30 bits per heavy atom. The highest BCUT2D eigenvalue weighted by Crippen LogP contribution is 2.29. The van der Waals surface area contributed by atoms with Gasteiger partial charge in [0.1, 0.15) is 5.82 Å². The number of nitrogens with zero attached hydrogens (tertiary/aromatic N) is 4. The van der Waals surface area contributed by atoms with Crippen molar-refractivity contribution in [2.45, 2.75) is 51.7 Å². The molecule has 2 aromatic rings. The first kappa shape index (κ1) is 15.6. The summed E-state index contributed by atoms with van der Waals surface area (Å²) in [6.07, 6.45) is 8.50. The lowest BCUT2D eigenvalue weighted by Gasteiger charge is -2.25. The number of nitrogens with one attached hydrogen (secondary N) is 2. The minimum absolute atomic E-state index is 0.0303. The van der Waals surface area contributed by atoms with Gasteiger partial charge in [0.25, 0.3) is 0 Å². The Morgan fingerprint density at radius 3 is 2.83 bits per heavy atom. The number of carbonyl (C=O) groups excluding carboxylic acids is 1. The molecule has 3 rings (SSSR count). The number of aromatic nitrogens is 4. The van der Waals surface area contributed by atoms with Crippen LogP contribution in [0.4, 0.5) is 4.79 Å². The van der Waals surface area contributed by atoms with Crippen LogP contribution in [0.15, 0.2) is 18.6 Å². The van der Waals surface area contributed by atoms with E-state index in [0.717, 1.165) is 36.3 Å². The predicted octanol–water partition coefficient (Wildman–Crippen LogP) is 2.28. The molecule has 23 heavy (non-hydrogen) atoms. The van der Waals surface area contributed by atoms with Gasteiger partial charge in [-0.2, -0.15) is 5.10 Å². The maximum atomic E-state index is 12.7. The summed E-state index contributed by atoms with van der Waals surface area (Å²) in [5, 5.41) is 7.29. The van der Waals surface area contributed by atoms with Crippen molar-refractivity contribution >= 4 is 6.03 Å². The molecule has 124 valence electrons. The van der Waals surface area contributed by atoms with E-state index < -0.39 is 0 Å². The van der Waals surface area contributed by atoms with Crippen LogP contribution in [-0.4, -0.2) is 36.7 Å². The highest BCUT2D eigenvalue weighted by Gasteiger charge is 2.33. The lowest BCUT2D eigenvalue weighted by molar-refractivity contribution is 0.187. The maximum Gasteiger partial charge on any atom is 0.318 e. The Bertz CT molecular complexity index is 672. The number of carbonyl (C=O) groups is 1. The van der Waals surface area contributed by atoms with Crippen LogP contribution < -0.4 is 5.32 Å². The molecule has 0 aliphatic heterocycles. The molecule has 0 saturated heterocycles. The summed E-state index contributed by atoms with van der Waals surface area (Å²) in [6.45, 7) is 4.60. The van der Waals surface area contributed by atoms with Crippen LogP contribution >= 0.6 is 0 Å². The number of hydrogen-bond donors (Lipinski definition) is 2. The monoisotopic (exact) mass is 316 g/mol. The van der Waals surface area contributed by atoms with Crippen molar-refractivity contribution in [1.82, 2.24) is 30.0 Å². The summed E-state index contributed by atoms with van der Waals surface area (Å²) in [4.78, 5) is 22.2. The Kier molecular flexibility index (Phi) is 4.36. The van der Waals surface area contributed by atoms with Gasteiger partial charge >= 0.3 is 6.03 Å². The molecule has 7 heteroatoms. The fourth-order valence-electron chi connectivity index (χ4n) is 2.71. The van der Waals surface area contributed by atoms with Crippen molar-refractivity contribution in [2.75, 3.05) is 0 Å². The van der Waals surface area contributed by atoms with Gasteiger partial charge in [-0.3, -0.25) is 4.68 Å². The van der Waals surface area contributed by atoms with Gasteiger partial charge in [-0.25, -0.2) is 9.78 Å². The number of H-pyrrole nitrogens is 1. The fraction of sp³-hybridized carbons (Fsp3) is 0.562. The molecule has 2 N–H and O–H groups in total. The highest BCUT2D eigenvalue weighted by atomic mass is 16.2. The topological polar surface area (TPSA) is 78.8 Å². The van der Waals surface area contributed by atoms with Gasteiger partial charge in [0.2, 0.25) is 0 Å². The van der Waals surface area contributed by atoms with Crippen LogP contribution in [0.3, 0.4) is 0 Å². The number of urea groups is 1. The lowest BCUT2D eigenvalue weighted by Crippen LogP contribution is -2.42. The molecule has 0 spiro atoms. The molecule has 1 aliphatic carbocycles. The molecule has 0 aromatic carbocycles. The first-order valence-corrected chi connectivity index (χ1v) is 8.13. The number of imidazole rings is 1. The van der Waals surface area contributed by atoms with Crippen molar-refractivity contribution in [3.8, 4) is 0 Å². The summed E-state index contributed by atoms with van der Waals surface area (Å²) < 4.78 is 1.76. The molecule has 0 radical (unpaired) electrons. The zero-order valence-electron chi connectivity index (χ0n) is 13.9. The van der Waals surface area contributed by atoms with Crippen molar-refractivity contribution in [3.63, 3.8) is 0 Å². The zero-order chi connectivity index (χ0) is 16.4. The third-order valence-electron chi connectivity index (χ3n) is 4.12. The molecule has 2 aromatic heterocycles. The van der Waals surface area contributed by atoms with E-state index in [1.165, 1.54) is 0 Å². The van der Waals surface area contributed by atoms with Gasteiger partial charge in [0, 0.05) is 36.7 Å². The molecule has 2 heterocycles. The van der Waals surface area contributed by atoms with Crippen molar-refractivity contribution < 1.29 is 4.79 Å². The van der Waals surface area contributed by atoms with Crippen molar-refractivity contribution in [3.05, 3.63) is 35.7 Å². The van der Waals surface area contributed by atoms with Crippen LogP contribution in [0.1, 0.15) is 49.3 Å². The molecule has 1 saturated carbocycles. The lowest BCUT2D eigenvalue weighted by atomic mass is 10.2. The normalized spacial score (nSPS) is 15.4. The standard InChI is InChI=1S/C16H24N6O/c1-4-14(15-17-7-11(2)19-15)20-16(23)22(13-5-6-13)10-12-8-18-21(3)9-12/h7-9,13-14H,4-6,10H2,1-3H3,(H,17,19)(H,20,23)/t14-/m1/s1. The summed E-state index contributed by atoms with van der Waals surface area (Å²) in [7, 11) is 1.89. The minimum Gasteiger partial charge on any atom is -0.344 e. The van der Waals surface area contributed by atoms with Crippen LogP contribution in [-0.2, 0) is 13.6 Å². The summed E-state index contributed by atoms with van der Waals surface area (Å²) in [5.41, 5.74) is 2.05. The van der Waals surface area contributed by atoms with Gasteiger partial charge in [-0.1, -0.05) is 6.92 Å². The van der Waals surface area contributed by atoms with Gasteiger partial charge in [0.15, 0.2) is 0 Å². The quantitative estimate of drug-likeness (QED) is 0.858. The second kappa shape index (κ2) is 6.44. The van der Waals surface area contributed by atoms with E-state index in [1.54, 1.807) is 10.9 Å². The second-order valence-corrected chi connectivity index (χ2v) is 6.24. The van der Waals surface area contributed by atoms with E-state index in [0.29, 0.717) is 12.6 Å². The summed E-state index contributed by atoms with van der Waals surface area (Å²) in [6, 6.07) is 0.217. The number of amides is 2. The van der Waals surface area contributed by atoms with Gasteiger partial charge in [-0.05, 0) is 26.2 Å². The average Bonchev–Trinajstić information content (AvgIpc) is 3.15. The smallest absolute Gasteiger partial charge is 0.318 e. The predicted molar refractivity (Wildman–Crippen MR) is 86.7 cm³/mol. The summed E-state index contributed by atoms with van der Waals surface area (Å²) in [5.74, 6) is 0.815. The number of rotatable bonds is 6. The molecule has 1 atom stereocenters. The van der Waals surface area contributed by atoms with Crippen molar-refractivity contribution in [2.24, 2.45) is 7.05 Å². The molecule has 1 fully saturated rings. The van der Waals surface area contributed by atoms with Crippen molar-refractivity contribution in [1.29, 1.82) is 0 Å². The van der Waals surface area contributed by atoms with Crippen LogP contribution in [0.2, 0.25) is 0 Å². The highest BCUT2D eigenvalue weighted by molar-refractivity contribution is 5.75. The third-order valence-corrected chi connectivity index (χ3v) is 4.12. The Labute approximate surface area is 136 Å². The molecule has 0 unspecified atom stereocenters. The first-order valence-electron chi connectivity index (χ1n) is 8.13. The van der Waals surface area contributed by atoms with E-state index in [-0.39, 0.29) is 12.1 Å². The Balaban J connectivity index is 1.68. The van der Waals surface area contributed by atoms with E-state index >= 15 is 0 Å². The fourth-order valence-corrected chi connectivity index (χ4v) is 2.71. The number of hydrogen-bond acceptors (Lipinski definition) is 3. The van der Waals surface area contributed by atoms with Crippen LogP contribution in [0.5, 0.6) is 0 Å². The maximum absolute atomic E-state index is 12.7. The van der Waals surface area contributed by atoms with Gasteiger partial charge in [0.05, 0.1) is 18.8 Å². The molecule has 7 nitrogen and oxygen atoms in total. The molecular formula is C16H24N6O. The largest absolute Gasteiger partial charge is 0.344 e. The van der Waals surface area contributed by atoms with Gasteiger partial charge in [-0.15, -0.1) is 0 Å². The average molecular weight is 316 g/mol. The number of aryl methyl sites for hydroxylation is 2. The summed E-state index contributed by atoms with van der Waals surface area (Å²) >= 11 is 0. The van der Waals surface area contributed by atoms with Crippen LogP contribution in [0, 0.1) is 6.92 Å². The third kappa shape index (κ3) is 3.72. The molecule has 1 aliphatic rings. The van der Waals surface area contributed by atoms with E-state index in [2.05, 4.69) is 20.4 Å². The van der Waals surface area contributed by atoms with E-state index in [1.807, 2.05) is 38.2 Å². The Morgan fingerprint density at radius 1 is 1.52 bits per heavy atom. The second-order valence-electron chi connectivity index (χ2n) is 6.24. The van der Waals surface area contributed by atoms with Crippen LogP contribution in [0.25, 0.3) is 0 Å². The molecule has 2 amide bonds. The number of aromatic amines is 1.